The molecule has 1 atom stereocenters. The predicted molar refractivity (Wildman–Crippen MR) is 103 cm³/mol. The number of nitrogens with zero attached hydrogens (tertiary/aromatic N) is 3. The fourth-order valence-corrected chi connectivity index (χ4v) is 3.38. The second-order valence-electron chi connectivity index (χ2n) is 5.66. The van der Waals surface area contributed by atoms with Crippen LogP contribution >= 0.6 is 11.3 Å². The van der Waals surface area contributed by atoms with Crippen LogP contribution in [0.15, 0.2) is 70.1 Å². The van der Waals surface area contributed by atoms with Crippen LogP contribution < -0.4 is 4.80 Å². The third-order valence-corrected chi connectivity index (χ3v) is 4.70. The van der Waals surface area contributed by atoms with Crippen molar-refractivity contribution >= 4 is 17.6 Å². The highest BCUT2D eigenvalue weighted by molar-refractivity contribution is 7.07. The first-order valence-electron chi connectivity index (χ1n) is 8.25. The average Bonchev–Trinajstić information content (AvgIpc) is 3.04. The molecule has 0 aliphatic carbocycles. The van der Waals surface area contributed by atoms with Crippen molar-refractivity contribution in [2.24, 2.45) is 10.1 Å². The molecule has 2 aromatic carbocycles. The number of hydrogen-bond donors (Lipinski definition) is 0. The maximum absolute atomic E-state index is 13.2. The molecule has 1 heterocycles. The number of aromatic nitrogens is 1. The second-order valence-corrected chi connectivity index (χ2v) is 6.50. The quantitative estimate of drug-likeness (QED) is 0.583. The lowest BCUT2D eigenvalue weighted by Crippen LogP contribution is -2.13. The van der Waals surface area contributed by atoms with Crippen molar-refractivity contribution in [1.29, 1.82) is 0 Å². The predicted octanol–water partition coefficient (Wildman–Crippen LogP) is 4.91. The van der Waals surface area contributed by atoms with Crippen molar-refractivity contribution in [2.75, 3.05) is 6.54 Å². The molecule has 0 bridgehead atoms. The van der Waals surface area contributed by atoms with E-state index >= 15 is 0 Å². The molecule has 1 aromatic heterocycles. The van der Waals surface area contributed by atoms with E-state index in [1.54, 1.807) is 12.1 Å². The molecule has 0 saturated heterocycles. The van der Waals surface area contributed by atoms with Crippen LogP contribution in [0.4, 0.5) is 4.39 Å². The third-order valence-electron chi connectivity index (χ3n) is 3.85. The van der Waals surface area contributed by atoms with Crippen LogP contribution in [-0.4, -0.2) is 17.4 Å². The summed E-state index contributed by atoms with van der Waals surface area (Å²) in [6.07, 6.45) is 1.92. The van der Waals surface area contributed by atoms with E-state index in [0.29, 0.717) is 6.54 Å². The van der Waals surface area contributed by atoms with Gasteiger partial charge in [-0.05, 0) is 36.8 Å². The molecule has 1 unspecified atom stereocenters. The molecule has 0 amide bonds. The average molecular weight is 353 g/mol. The summed E-state index contributed by atoms with van der Waals surface area (Å²) >= 11 is 1.54. The van der Waals surface area contributed by atoms with E-state index in [9.17, 15) is 4.39 Å². The Morgan fingerprint density at radius 1 is 1.12 bits per heavy atom. The fourth-order valence-electron chi connectivity index (χ4n) is 2.48. The second kappa shape index (κ2) is 8.03. The van der Waals surface area contributed by atoms with Gasteiger partial charge in [0, 0.05) is 29.6 Å². The smallest absolute Gasteiger partial charge is 0.206 e. The minimum atomic E-state index is -0.245. The van der Waals surface area contributed by atoms with Crippen LogP contribution in [0.3, 0.4) is 0 Å². The van der Waals surface area contributed by atoms with E-state index in [1.807, 2.05) is 41.4 Å². The highest BCUT2D eigenvalue weighted by Crippen LogP contribution is 2.21. The van der Waals surface area contributed by atoms with E-state index in [1.165, 1.54) is 29.0 Å². The largest absolute Gasteiger partial charge is 0.258 e. The van der Waals surface area contributed by atoms with Gasteiger partial charge in [-0.3, -0.25) is 4.99 Å². The van der Waals surface area contributed by atoms with Gasteiger partial charge in [-0.2, -0.15) is 5.10 Å². The summed E-state index contributed by atoms with van der Waals surface area (Å²) in [4.78, 5) is 5.35. The van der Waals surface area contributed by atoms with Gasteiger partial charge in [-0.1, -0.05) is 37.3 Å². The molecule has 0 radical (unpaired) electrons. The Morgan fingerprint density at radius 2 is 1.84 bits per heavy atom. The Morgan fingerprint density at radius 3 is 2.52 bits per heavy atom. The third kappa shape index (κ3) is 4.12. The number of hydrogen-bond acceptors (Lipinski definition) is 3. The maximum atomic E-state index is 13.2. The van der Waals surface area contributed by atoms with Gasteiger partial charge >= 0.3 is 0 Å². The molecule has 3 aromatic rings. The number of thiazole rings is 1. The fraction of sp³-hybridized carbons (Fsp3) is 0.200. The van der Waals surface area contributed by atoms with Gasteiger partial charge in [-0.25, -0.2) is 9.07 Å². The molecule has 0 N–H and O–H groups in total. The highest BCUT2D eigenvalue weighted by Gasteiger charge is 2.08. The summed E-state index contributed by atoms with van der Waals surface area (Å²) in [6, 6.07) is 16.7. The van der Waals surface area contributed by atoms with Gasteiger partial charge in [0.2, 0.25) is 4.80 Å². The molecule has 0 fully saturated rings. The molecule has 0 spiro atoms. The van der Waals surface area contributed by atoms with E-state index in [0.717, 1.165) is 16.1 Å². The highest BCUT2D eigenvalue weighted by atomic mass is 32.1. The van der Waals surface area contributed by atoms with Gasteiger partial charge in [0.05, 0.1) is 5.69 Å². The minimum absolute atomic E-state index is 0.184. The van der Waals surface area contributed by atoms with E-state index in [4.69, 9.17) is 0 Å². The summed E-state index contributed by atoms with van der Waals surface area (Å²) in [6.45, 7) is 4.80. The Hall–Kier alpha value is -2.53. The molecule has 25 heavy (non-hydrogen) atoms. The van der Waals surface area contributed by atoms with Crippen molar-refractivity contribution in [3.05, 3.63) is 76.2 Å². The summed E-state index contributed by atoms with van der Waals surface area (Å²) in [5, 5.41) is 6.68. The van der Waals surface area contributed by atoms with Gasteiger partial charge < -0.3 is 0 Å². The van der Waals surface area contributed by atoms with Gasteiger partial charge in [0.25, 0.3) is 0 Å². The zero-order valence-corrected chi connectivity index (χ0v) is 15.1. The zero-order chi connectivity index (χ0) is 17.6. The molecule has 0 saturated carbocycles. The molecule has 5 heteroatoms. The van der Waals surface area contributed by atoms with Crippen LogP contribution in [0.5, 0.6) is 0 Å². The maximum Gasteiger partial charge on any atom is 0.206 e. The van der Waals surface area contributed by atoms with Crippen molar-refractivity contribution in [3.8, 4) is 11.3 Å². The van der Waals surface area contributed by atoms with Gasteiger partial charge in [-0.15, -0.1) is 11.3 Å². The first-order chi connectivity index (χ1) is 12.2. The Bertz CT molecular complexity index is 908. The Balaban J connectivity index is 1.99. The molecule has 0 aliphatic rings. The van der Waals surface area contributed by atoms with Gasteiger partial charge in [0.1, 0.15) is 5.82 Å². The van der Waals surface area contributed by atoms with Crippen LogP contribution in [-0.2, 0) is 0 Å². The summed E-state index contributed by atoms with van der Waals surface area (Å²) in [5.41, 5.74) is 3.04. The van der Waals surface area contributed by atoms with Crippen LogP contribution in [0.25, 0.3) is 11.3 Å². The number of rotatable bonds is 5. The first kappa shape index (κ1) is 17.3. The molecule has 0 aliphatic heterocycles. The lowest BCUT2D eigenvalue weighted by Gasteiger charge is -2.07. The van der Waals surface area contributed by atoms with Crippen molar-refractivity contribution in [1.82, 2.24) is 4.68 Å². The van der Waals surface area contributed by atoms with E-state index in [2.05, 4.69) is 29.2 Å². The Labute approximate surface area is 150 Å². The normalized spacial score (nSPS) is 13.5. The number of benzene rings is 2. The van der Waals surface area contributed by atoms with Crippen LogP contribution in [0.2, 0.25) is 0 Å². The lowest BCUT2D eigenvalue weighted by atomic mass is 10.0. The minimum Gasteiger partial charge on any atom is -0.258 e. The van der Waals surface area contributed by atoms with Gasteiger partial charge in [0.15, 0.2) is 0 Å². The topological polar surface area (TPSA) is 29.6 Å². The van der Waals surface area contributed by atoms with E-state index in [-0.39, 0.29) is 11.7 Å². The first-order valence-corrected chi connectivity index (χ1v) is 9.13. The van der Waals surface area contributed by atoms with Crippen molar-refractivity contribution in [2.45, 2.75) is 19.8 Å². The Kier molecular flexibility index (Phi) is 5.56. The number of halogens is 1. The molecular weight excluding hydrogens is 333 g/mol. The lowest BCUT2D eigenvalue weighted by molar-refractivity contribution is 0.628. The molecule has 3 rings (SSSR count). The van der Waals surface area contributed by atoms with Crippen molar-refractivity contribution < 1.29 is 4.39 Å². The molecule has 128 valence electrons. The SMILES string of the molecule is CCN=c1scc(-c2ccc(F)cc2)n1N=CC(C)c1ccccc1. The standard InChI is InChI=1S/C20H20FN3S/c1-3-22-20-24(23-13-15(2)16-7-5-4-6-8-16)19(14-25-20)17-9-11-18(21)12-10-17/h4-15H,3H2,1-2H3. The summed E-state index contributed by atoms with van der Waals surface area (Å²) < 4.78 is 15.1. The zero-order valence-electron chi connectivity index (χ0n) is 14.3. The molecule has 3 nitrogen and oxygen atoms in total. The monoisotopic (exact) mass is 353 g/mol. The van der Waals surface area contributed by atoms with Crippen LogP contribution in [0.1, 0.15) is 25.3 Å². The van der Waals surface area contributed by atoms with Crippen LogP contribution in [0, 0.1) is 5.82 Å². The molecular formula is C20H20FN3S. The summed E-state index contributed by atoms with van der Waals surface area (Å²) in [5.74, 6) is -0.0608. The van der Waals surface area contributed by atoms with E-state index < -0.39 is 0 Å². The summed E-state index contributed by atoms with van der Waals surface area (Å²) in [7, 11) is 0. The van der Waals surface area contributed by atoms with Crippen molar-refractivity contribution in [3.63, 3.8) is 0 Å².